The lowest BCUT2D eigenvalue weighted by molar-refractivity contribution is 0.198. The van der Waals surface area contributed by atoms with Gasteiger partial charge in [0.1, 0.15) is 23.9 Å². The van der Waals surface area contributed by atoms with Crippen LogP contribution < -0.4 is 4.74 Å². The van der Waals surface area contributed by atoms with Gasteiger partial charge in [0.05, 0.1) is 5.69 Å². The Kier molecular flexibility index (Phi) is 5.27. The maximum absolute atomic E-state index is 13.4. The summed E-state index contributed by atoms with van der Waals surface area (Å²) in [5.74, 6) is 0.506. The van der Waals surface area contributed by atoms with Crippen molar-refractivity contribution in [3.8, 4) is 22.7 Å². The first-order valence-corrected chi connectivity index (χ1v) is 9.52. The van der Waals surface area contributed by atoms with E-state index in [4.69, 9.17) is 9.84 Å². The zero-order chi connectivity index (χ0) is 20.4. The van der Waals surface area contributed by atoms with E-state index in [9.17, 15) is 4.39 Å². The smallest absolute Gasteiger partial charge is 0.163 e. The van der Waals surface area contributed by atoms with Crippen LogP contribution in [0.15, 0.2) is 66.9 Å². The minimum absolute atomic E-state index is 0.271. The number of rotatable bonds is 6. The zero-order valence-electron chi connectivity index (χ0n) is 16.7. The molecule has 2 heterocycles. The second-order valence-corrected chi connectivity index (χ2v) is 7.26. The molecule has 0 fully saturated rings. The largest absolute Gasteiger partial charge is 0.492 e. The number of likely N-dealkylation sites (N-methyl/N-ethyl adjacent to an activating group) is 1. The first-order valence-electron chi connectivity index (χ1n) is 9.52. The fraction of sp³-hybridized carbons (Fsp3) is 0.217. The van der Waals surface area contributed by atoms with Gasteiger partial charge in [-0.2, -0.15) is 5.10 Å². The first kappa shape index (κ1) is 19.1. The van der Waals surface area contributed by atoms with E-state index in [1.54, 1.807) is 23.0 Å². The molecule has 0 N–H and O–H groups in total. The van der Waals surface area contributed by atoms with E-state index in [1.807, 2.05) is 50.5 Å². The molecular weight excluding hydrogens is 367 g/mol. The summed E-state index contributed by atoms with van der Waals surface area (Å²) in [7, 11) is 4.06. The Morgan fingerprint density at radius 2 is 1.86 bits per heavy atom. The molecule has 0 amide bonds. The third-order valence-electron chi connectivity index (χ3n) is 5.00. The summed E-state index contributed by atoms with van der Waals surface area (Å²) in [6, 6.07) is 18.3. The van der Waals surface area contributed by atoms with Gasteiger partial charge >= 0.3 is 0 Å². The SMILES string of the molecule is CC(COc1cccc(-n2nc(-c3ccc(F)cc3)c3cccnc32)c1)N(C)C. The lowest BCUT2D eigenvalue weighted by Gasteiger charge is -2.20. The van der Waals surface area contributed by atoms with Crippen LogP contribution in [0.2, 0.25) is 0 Å². The topological polar surface area (TPSA) is 43.2 Å². The Bertz CT molecular complexity index is 1120. The van der Waals surface area contributed by atoms with Gasteiger partial charge in [0.15, 0.2) is 5.65 Å². The minimum atomic E-state index is -0.271. The Balaban J connectivity index is 1.73. The summed E-state index contributed by atoms with van der Waals surface area (Å²) in [6.45, 7) is 2.71. The van der Waals surface area contributed by atoms with Gasteiger partial charge in [-0.05, 0) is 69.6 Å². The number of halogens is 1. The van der Waals surface area contributed by atoms with Gasteiger partial charge in [-0.25, -0.2) is 14.1 Å². The minimum Gasteiger partial charge on any atom is -0.492 e. The van der Waals surface area contributed by atoms with E-state index in [1.165, 1.54) is 12.1 Å². The second kappa shape index (κ2) is 8.01. The highest BCUT2D eigenvalue weighted by Gasteiger charge is 2.15. The van der Waals surface area contributed by atoms with Crippen molar-refractivity contribution in [3.63, 3.8) is 0 Å². The van der Waals surface area contributed by atoms with Crippen molar-refractivity contribution in [2.24, 2.45) is 0 Å². The number of fused-ring (bicyclic) bond motifs is 1. The van der Waals surface area contributed by atoms with E-state index in [-0.39, 0.29) is 5.82 Å². The number of ether oxygens (including phenoxy) is 1. The van der Waals surface area contributed by atoms with E-state index in [0.29, 0.717) is 12.6 Å². The molecule has 0 saturated carbocycles. The van der Waals surface area contributed by atoms with Crippen molar-refractivity contribution < 1.29 is 9.13 Å². The fourth-order valence-electron chi connectivity index (χ4n) is 3.02. The number of pyridine rings is 1. The Morgan fingerprint density at radius 3 is 2.62 bits per heavy atom. The van der Waals surface area contributed by atoms with Gasteiger partial charge in [-0.1, -0.05) is 6.07 Å². The van der Waals surface area contributed by atoms with Crippen LogP contribution in [-0.4, -0.2) is 46.4 Å². The first-order chi connectivity index (χ1) is 14.0. The fourth-order valence-corrected chi connectivity index (χ4v) is 3.02. The molecule has 2 aromatic carbocycles. The average Bonchev–Trinajstić information content (AvgIpc) is 3.12. The highest BCUT2D eigenvalue weighted by Crippen LogP contribution is 2.29. The summed E-state index contributed by atoms with van der Waals surface area (Å²) in [5.41, 5.74) is 3.21. The standard InChI is InChI=1S/C23H23FN4O/c1-16(27(2)3)15-29-20-7-4-6-19(14-20)28-23-21(8-5-13-25-23)22(26-28)17-9-11-18(24)12-10-17/h4-14,16H,15H2,1-3H3. The van der Waals surface area contributed by atoms with Crippen molar-refractivity contribution in [1.29, 1.82) is 0 Å². The molecule has 2 aromatic heterocycles. The molecular formula is C23H23FN4O. The van der Waals surface area contributed by atoms with Gasteiger partial charge < -0.3 is 9.64 Å². The molecule has 0 aliphatic rings. The van der Waals surface area contributed by atoms with Crippen molar-refractivity contribution in [1.82, 2.24) is 19.7 Å². The number of benzene rings is 2. The number of aromatic nitrogens is 3. The molecule has 148 valence electrons. The van der Waals surface area contributed by atoms with Gasteiger partial charge in [0.25, 0.3) is 0 Å². The molecule has 0 radical (unpaired) electrons. The molecule has 5 nitrogen and oxygen atoms in total. The number of nitrogens with zero attached hydrogens (tertiary/aromatic N) is 4. The van der Waals surface area contributed by atoms with Crippen LogP contribution in [0.5, 0.6) is 5.75 Å². The van der Waals surface area contributed by atoms with Crippen LogP contribution in [0.3, 0.4) is 0 Å². The van der Waals surface area contributed by atoms with Crippen molar-refractivity contribution in [2.75, 3.05) is 20.7 Å². The van der Waals surface area contributed by atoms with E-state index in [2.05, 4.69) is 16.8 Å². The Hall–Kier alpha value is -3.25. The molecule has 0 saturated heterocycles. The summed E-state index contributed by atoms with van der Waals surface area (Å²) < 4.78 is 21.1. The molecule has 4 aromatic rings. The van der Waals surface area contributed by atoms with Crippen LogP contribution in [-0.2, 0) is 0 Å². The third kappa shape index (κ3) is 3.98. The zero-order valence-corrected chi connectivity index (χ0v) is 16.7. The average molecular weight is 390 g/mol. The van der Waals surface area contributed by atoms with Crippen LogP contribution >= 0.6 is 0 Å². The van der Waals surface area contributed by atoms with E-state index in [0.717, 1.165) is 33.7 Å². The van der Waals surface area contributed by atoms with Crippen LogP contribution in [0.4, 0.5) is 4.39 Å². The molecule has 0 aliphatic heterocycles. The van der Waals surface area contributed by atoms with Gasteiger partial charge in [0.2, 0.25) is 0 Å². The lowest BCUT2D eigenvalue weighted by Crippen LogP contribution is -2.30. The summed E-state index contributed by atoms with van der Waals surface area (Å²) in [4.78, 5) is 6.64. The Morgan fingerprint density at radius 1 is 1.07 bits per heavy atom. The van der Waals surface area contributed by atoms with Gasteiger partial charge in [-0.15, -0.1) is 0 Å². The molecule has 0 spiro atoms. The summed E-state index contributed by atoms with van der Waals surface area (Å²) in [5, 5.41) is 5.70. The second-order valence-electron chi connectivity index (χ2n) is 7.26. The van der Waals surface area contributed by atoms with E-state index < -0.39 is 0 Å². The summed E-state index contributed by atoms with van der Waals surface area (Å²) >= 11 is 0. The highest BCUT2D eigenvalue weighted by molar-refractivity contribution is 5.92. The van der Waals surface area contributed by atoms with Crippen LogP contribution in [0, 0.1) is 5.82 Å². The van der Waals surface area contributed by atoms with Crippen molar-refractivity contribution in [2.45, 2.75) is 13.0 Å². The molecule has 0 aliphatic carbocycles. The predicted molar refractivity (Wildman–Crippen MR) is 113 cm³/mol. The van der Waals surface area contributed by atoms with Gasteiger partial charge in [0, 0.05) is 29.3 Å². The van der Waals surface area contributed by atoms with Gasteiger partial charge in [-0.3, -0.25) is 0 Å². The van der Waals surface area contributed by atoms with Crippen LogP contribution in [0.1, 0.15) is 6.92 Å². The molecule has 29 heavy (non-hydrogen) atoms. The molecule has 0 bridgehead atoms. The number of hydrogen-bond acceptors (Lipinski definition) is 4. The third-order valence-corrected chi connectivity index (χ3v) is 5.00. The van der Waals surface area contributed by atoms with E-state index >= 15 is 0 Å². The number of hydrogen-bond donors (Lipinski definition) is 0. The maximum Gasteiger partial charge on any atom is 0.163 e. The van der Waals surface area contributed by atoms with Crippen LogP contribution in [0.25, 0.3) is 28.0 Å². The Labute approximate surface area is 169 Å². The lowest BCUT2D eigenvalue weighted by atomic mass is 10.1. The van der Waals surface area contributed by atoms with Crippen molar-refractivity contribution >= 4 is 11.0 Å². The highest BCUT2D eigenvalue weighted by atomic mass is 19.1. The summed E-state index contributed by atoms with van der Waals surface area (Å²) in [6.07, 6.45) is 1.74. The molecule has 1 atom stereocenters. The maximum atomic E-state index is 13.4. The molecule has 6 heteroatoms. The molecule has 4 rings (SSSR count). The van der Waals surface area contributed by atoms with Crippen molar-refractivity contribution in [3.05, 3.63) is 72.7 Å². The quantitative estimate of drug-likeness (QED) is 0.484. The normalized spacial score (nSPS) is 12.4. The molecule has 1 unspecified atom stereocenters. The predicted octanol–water partition coefficient (Wildman–Crippen LogP) is 4.56. The monoisotopic (exact) mass is 390 g/mol.